The summed E-state index contributed by atoms with van der Waals surface area (Å²) in [7, 11) is -3.46. The molecule has 0 atom stereocenters. The first-order valence-electron chi connectivity index (χ1n) is 7.02. The average molecular weight is 375 g/mol. The van der Waals surface area contributed by atoms with Gasteiger partial charge in [-0.15, -0.1) is 11.8 Å². The summed E-state index contributed by atoms with van der Waals surface area (Å²) in [5, 5.41) is 2.40. The number of ether oxygens (including phenoxy) is 1. The highest BCUT2D eigenvalue weighted by Crippen LogP contribution is 2.37. The Labute approximate surface area is 142 Å². The number of carbonyl (C=O) groups excluding carboxylic acids is 1. The first kappa shape index (κ1) is 18.8. The van der Waals surface area contributed by atoms with Crippen molar-refractivity contribution in [3.63, 3.8) is 0 Å². The maximum Gasteiger partial charge on any atom is 0.471 e. The number of hydrogen-bond acceptors (Lipinski definition) is 6. The van der Waals surface area contributed by atoms with Crippen LogP contribution in [-0.2, 0) is 20.6 Å². The van der Waals surface area contributed by atoms with E-state index in [0.717, 1.165) is 17.1 Å². The molecule has 0 saturated heterocycles. The van der Waals surface area contributed by atoms with Crippen molar-refractivity contribution >= 4 is 42.7 Å². The van der Waals surface area contributed by atoms with E-state index in [1.54, 1.807) is 17.8 Å². The number of anilines is 1. The summed E-state index contributed by atoms with van der Waals surface area (Å²) in [6.07, 6.45) is 0.283. The van der Waals surface area contributed by atoms with Crippen LogP contribution in [0, 0.1) is 0 Å². The van der Waals surface area contributed by atoms with Crippen LogP contribution < -0.4 is 5.32 Å². The van der Waals surface area contributed by atoms with Crippen LogP contribution in [-0.4, -0.2) is 38.3 Å². The van der Waals surface area contributed by atoms with Crippen LogP contribution in [0.3, 0.4) is 0 Å². The van der Waals surface area contributed by atoms with Crippen molar-refractivity contribution in [3.8, 4) is 0 Å². The fraction of sp³-hybridized carbons (Fsp3) is 0.385. The fourth-order valence-corrected chi connectivity index (χ4v) is 2.99. The minimum atomic E-state index is -4.67. The van der Waals surface area contributed by atoms with Gasteiger partial charge in [-0.3, -0.25) is 14.4 Å². The lowest BCUT2D eigenvalue weighted by Crippen LogP contribution is -2.16. The number of rotatable bonds is 7. The summed E-state index contributed by atoms with van der Waals surface area (Å²) >= 11 is 1.67. The molecule has 3 N–H and O–H groups in total. The van der Waals surface area contributed by atoms with Gasteiger partial charge in [0, 0.05) is 4.90 Å². The van der Waals surface area contributed by atoms with E-state index in [1.807, 2.05) is 12.1 Å². The van der Waals surface area contributed by atoms with E-state index < -0.39 is 20.6 Å². The molecule has 9 nitrogen and oxygen atoms in total. The number of nitrogens with zero attached hydrogens (tertiary/aromatic N) is 2. The molecule has 1 aromatic heterocycles. The molecule has 0 bridgehead atoms. The molecule has 11 heteroatoms. The second-order valence-corrected chi connectivity index (χ2v) is 7.14. The van der Waals surface area contributed by atoms with Gasteiger partial charge < -0.3 is 14.5 Å². The third-order valence-corrected chi connectivity index (χ3v) is 4.60. The highest BCUT2D eigenvalue weighted by molar-refractivity contribution is 7.99. The molecular weight excluding hydrogens is 357 g/mol. The van der Waals surface area contributed by atoms with Crippen LogP contribution in [0.25, 0.3) is 11.0 Å². The Morgan fingerprint density at radius 1 is 1.46 bits per heavy atom. The van der Waals surface area contributed by atoms with Crippen molar-refractivity contribution in [2.24, 2.45) is 0 Å². The lowest BCUT2D eigenvalue weighted by Gasteiger charge is -2.10. The summed E-state index contributed by atoms with van der Waals surface area (Å²) in [5.41, 5.74) is 1.13. The lowest BCUT2D eigenvalue weighted by atomic mass is 10.3. The summed E-state index contributed by atoms with van der Waals surface area (Å²) in [6.45, 7) is 1.61. The Balaban J connectivity index is 2.39. The van der Waals surface area contributed by atoms with Crippen molar-refractivity contribution in [2.75, 3.05) is 18.2 Å². The Hall–Kier alpha value is -1.58. The van der Waals surface area contributed by atoms with Crippen LogP contribution in [0.4, 0.5) is 10.7 Å². The van der Waals surface area contributed by atoms with Crippen molar-refractivity contribution in [3.05, 3.63) is 18.2 Å². The first-order chi connectivity index (χ1) is 11.3. The molecule has 0 unspecified atom stereocenters. The smallest absolute Gasteiger partial charge is 0.453 e. The normalized spacial score (nSPS) is 11.7. The monoisotopic (exact) mass is 375 g/mol. The van der Waals surface area contributed by atoms with Crippen molar-refractivity contribution in [1.29, 1.82) is 0 Å². The molecular formula is C13H18N3O6PS. The Morgan fingerprint density at radius 2 is 2.21 bits per heavy atom. The quantitative estimate of drug-likeness (QED) is 0.499. The number of carbonyl (C=O) groups is 1. The number of aromatic nitrogens is 2. The predicted octanol–water partition coefficient (Wildman–Crippen LogP) is 2.78. The molecule has 0 aliphatic heterocycles. The number of phosphoric acid groups is 1. The third kappa shape index (κ3) is 4.96. The Morgan fingerprint density at radius 3 is 2.83 bits per heavy atom. The average Bonchev–Trinajstić information content (AvgIpc) is 2.86. The maximum atomic E-state index is 11.4. The zero-order valence-electron chi connectivity index (χ0n) is 13.1. The number of nitrogens with one attached hydrogen (secondary N) is 1. The van der Waals surface area contributed by atoms with Crippen LogP contribution in [0.15, 0.2) is 23.1 Å². The number of fused-ring (bicyclic) bond motifs is 1. The predicted molar refractivity (Wildman–Crippen MR) is 89.9 cm³/mol. The molecule has 0 radical (unpaired) electrons. The number of imidazole rings is 1. The van der Waals surface area contributed by atoms with E-state index in [-0.39, 0.29) is 5.95 Å². The number of benzene rings is 1. The summed E-state index contributed by atoms with van der Waals surface area (Å²) in [5.74, 6) is 1.03. The topological polar surface area (TPSA) is 123 Å². The summed E-state index contributed by atoms with van der Waals surface area (Å²) < 4.78 is 21.3. The lowest BCUT2D eigenvalue weighted by molar-refractivity contribution is 0.157. The molecule has 0 aliphatic rings. The van der Waals surface area contributed by atoms with E-state index in [2.05, 4.69) is 26.5 Å². The third-order valence-electron chi connectivity index (χ3n) is 2.95. The molecule has 1 aromatic carbocycles. The Kier molecular flexibility index (Phi) is 6.25. The first-order valence-corrected chi connectivity index (χ1v) is 9.53. The van der Waals surface area contributed by atoms with Crippen LogP contribution in [0.2, 0.25) is 0 Å². The van der Waals surface area contributed by atoms with Gasteiger partial charge in [0.25, 0.3) is 0 Å². The number of hydrogen-bond donors (Lipinski definition) is 3. The molecule has 24 heavy (non-hydrogen) atoms. The van der Waals surface area contributed by atoms with Crippen molar-refractivity contribution in [1.82, 2.24) is 9.55 Å². The zero-order valence-corrected chi connectivity index (χ0v) is 14.8. The number of thioether (sulfide) groups is 1. The van der Waals surface area contributed by atoms with Gasteiger partial charge in [-0.05, 0) is 30.4 Å². The molecule has 2 aromatic rings. The molecule has 2 rings (SSSR count). The Bertz CT molecular complexity index is 774. The molecule has 0 fully saturated rings. The molecule has 0 aliphatic carbocycles. The van der Waals surface area contributed by atoms with E-state index in [9.17, 15) is 9.36 Å². The van der Waals surface area contributed by atoms with Gasteiger partial charge in [-0.1, -0.05) is 6.92 Å². The van der Waals surface area contributed by atoms with Crippen LogP contribution in [0.5, 0.6) is 0 Å². The van der Waals surface area contributed by atoms with Gasteiger partial charge >= 0.3 is 13.9 Å². The van der Waals surface area contributed by atoms with Crippen LogP contribution in [0.1, 0.15) is 13.3 Å². The van der Waals surface area contributed by atoms with E-state index in [0.29, 0.717) is 11.0 Å². The summed E-state index contributed by atoms with van der Waals surface area (Å²) in [4.78, 5) is 34.5. The molecule has 1 heterocycles. The minimum absolute atomic E-state index is 0.0722. The molecule has 0 spiro atoms. The van der Waals surface area contributed by atoms with Crippen LogP contribution >= 0.6 is 19.6 Å². The SMILES string of the molecule is CCCSc1ccc2c(c1)nc(NC(=O)OC)n2COP(=O)(O)O. The van der Waals surface area contributed by atoms with Gasteiger partial charge in [0.2, 0.25) is 5.95 Å². The summed E-state index contributed by atoms with van der Waals surface area (Å²) in [6, 6.07) is 5.47. The largest absolute Gasteiger partial charge is 0.471 e. The van der Waals surface area contributed by atoms with Gasteiger partial charge in [0.05, 0.1) is 18.1 Å². The minimum Gasteiger partial charge on any atom is -0.453 e. The standard InChI is InChI=1S/C13H18N3O6PS/c1-3-6-24-9-4-5-11-10(7-9)14-12(15-13(17)21-2)16(11)8-22-23(18,19)20/h4-5,7H,3,6,8H2,1-2H3,(H,14,15,17)(H2,18,19,20). The van der Waals surface area contributed by atoms with Gasteiger partial charge in [-0.25, -0.2) is 14.3 Å². The molecule has 0 saturated carbocycles. The van der Waals surface area contributed by atoms with Gasteiger partial charge in [-0.2, -0.15) is 0 Å². The maximum absolute atomic E-state index is 11.4. The van der Waals surface area contributed by atoms with Crippen molar-refractivity contribution < 1.29 is 28.4 Å². The van der Waals surface area contributed by atoms with E-state index in [4.69, 9.17) is 9.79 Å². The van der Waals surface area contributed by atoms with Crippen molar-refractivity contribution in [2.45, 2.75) is 25.0 Å². The highest BCUT2D eigenvalue weighted by atomic mass is 32.2. The number of methoxy groups -OCH3 is 1. The highest BCUT2D eigenvalue weighted by Gasteiger charge is 2.19. The van der Waals surface area contributed by atoms with Gasteiger partial charge in [0.15, 0.2) is 0 Å². The second kappa shape index (κ2) is 8.00. The zero-order chi connectivity index (χ0) is 17.7. The van der Waals surface area contributed by atoms with Gasteiger partial charge in [0.1, 0.15) is 6.73 Å². The van der Waals surface area contributed by atoms with E-state index in [1.165, 1.54) is 11.7 Å². The molecule has 132 valence electrons. The number of amides is 1. The number of phosphoric ester groups is 1. The van der Waals surface area contributed by atoms with E-state index >= 15 is 0 Å². The molecule has 1 amide bonds. The second-order valence-electron chi connectivity index (χ2n) is 4.73. The fourth-order valence-electron chi connectivity index (χ4n) is 1.92.